The summed E-state index contributed by atoms with van der Waals surface area (Å²) >= 11 is 0. The minimum atomic E-state index is -0.131. The molecule has 0 atom stereocenters. The normalized spacial score (nSPS) is 13.9. The Labute approximate surface area is 204 Å². The molecule has 4 aromatic rings. The molecule has 5 rings (SSSR count). The molecule has 2 aromatic heterocycles. The topological polar surface area (TPSA) is 76.3 Å². The summed E-state index contributed by atoms with van der Waals surface area (Å²) in [7, 11) is 0. The van der Waals surface area contributed by atoms with Crippen molar-refractivity contribution in [2.75, 3.05) is 31.1 Å². The van der Waals surface area contributed by atoms with Crippen LogP contribution in [0.1, 0.15) is 30.2 Å². The van der Waals surface area contributed by atoms with Gasteiger partial charge in [0.15, 0.2) is 5.82 Å². The number of hydrogen-bond acceptors (Lipinski definition) is 5. The van der Waals surface area contributed by atoms with E-state index in [2.05, 4.69) is 10.00 Å². The Balaban J connectivity index is 1.44. The van der Waals surface area contributed by atoms with Crippen LogP contribution in [0.25, 0.3) is 17.1 Å². The molecular weight excluding hydrogens is 440 g/mol. The van der Waals surface area contributed by atoms with Crippen molar-refractivity contribution in [1.82, 2.24) is 24.5 Å². The smallest absolute Gasteiger partial charge is 0.267 e. The van der Waals surface area contributed by atoms with Crippen LogP contribution < -0.4 is 10.5 Å². The largest absolute Gasteiger partial charge is 0.352 e. The number of para-hydroxylation sites is 1. The molecule has 3 heterocycles. The van der Waals surface area contributed by atoms with Gasteiger partial charge in [-0.25, -0.2) is 9.36 Å². The van der Waals surface area contributed by atoms with Gasteiger partial charge in [0.25, 0.3) is 11.5 Å². The fourth-order valence-corrected chi connectivity index (χ4v) is 4.31. The van der Waals surface area contributed by atoms with E-state index in [9.17, 15) is 9.59 Å². The second kappa shape index (κ2) is 9.58. The first kappa shape index (κ1) is 22.6. The van der Waals surface area contributed by atoms with Gasteiger partial charge in [0.1, 0.15) is 5.69 Å². The van der Waals surface area contributed by atoms with Crippen molar-refractivity contribution >= 4 is 11.7 Å². The quantitative estimate of drug-likeness (QED) is 0.447. The molecule has 0 spiro atoms. The second-order valence-corrected chi connectivity index (χ2v) is 8.88. The van der Waals surface area contributed by atoms with E-state index in [1.165, 1.54) is 4.68 Å². The van der Waals surface area contributed by atoms with Crippen LogP contribution in [0.2, 0.25) is 0 Å². The first-order chi connectivity index (χ1) is 17.0. The number of amides is 1. The van der Waals surface area contributed by atoms with Gasteiger partial charge >= 0.3 is 0 Å². The van der Waals surface area contributed by atoms with Crippen LogP contribution in [-0.4, -0.2) is 56.5 Å². The van der Waals surface area contributed by atoms with Crippen LogP contribution in [-0.2, 0) is 0 Å². The molecule has 35 heavy (non-hydrogen) atoms. The summed E-state index contributed by atoms with van der Waals surface area (Å²) in [4.78, 5) is 29.2. The van der Waals surface area contributed by atoms with E-state index in [0.29, 0.717) is 37.4 Å². The van der Waals surface area contributed by atoms with Crippen LogP contribution in [0, 0.1) is 0 Å². The highest BCUT2D eigenvalue weighted by atomic mass is 16.2. The maximum absolute atomic E-state index is 12.8. The van der Waals surface area contributed by atoms with Crippen molar-refractivity contribution in [3.05, 3.63) is 94.8 Å². The van der Waals surface area contributed by atoms with Gasteiger partial charge in [-0.2, -0.15) is 5.10 Å². The first-order valence-corrected chi connectivity index (χ1v) is 11.9. The fourth-order valence-electron chi connectivity index (χ4n) is 4.31. The lowest BCUT2D eigenvalue weighted by Gasteiger charge is -2.34. The number of anilines is 1. The van der Waals surface area contributed by atoms with Crippen molar-refractivity contribution < 1.29 is 4.79 Å². The van der Waals surface area contributed by atoms with E-state index in [4.69, 9.17) is 5.10 Å². The van der Waals surface area contributed by atoms with E-state index in [1.54, 1.807) is 12.1 Å². The van der Waals surface area contributed by atoms with Gasteiger partial charge < -0.3 is 9.80 Å². The minimum absolute atomic E-state index is 0.0507. The summed E-state index contributed by atoms with van der Waals surface area (Å²) in [6, 6.07) is 24.6. The molecule has 1 aliphatic rings. The average Bonchev–Trinajstić information content (AvgIpc) is 3.35. The number of rotatable bonds is 5. The standard InChI is InChI=1S/C27H28N6O2/c1-20(2)32-26(34)14-13-23(28-32)24-19-25(29-33(24)22-11-7-4-8-12-22)30-15-17-31(18-16-30)27(35)21-9-5-3-6-10-21/h3-14,19-20H,15-18H2,1-2H3. The lowest BCUT2D eigenvalue weighted by Crippen LogP contribution is -2.49. The van der Waals surface area contributed by atoms with Crippen LogP contribution in [0.3, 0.4) is 0 Å². The predicted octanol–water partition coefficient (Wildman–Crippen LogP) is 3.64. The molecule has 0 aliphatic carbocycles. The summed E-state index contributed by atoms with van der Waals surface area (Å²) in [6.45, 7) is 6.49. The van der Waals surface area contributed by atoms with E-state index >= 15 is 0 Å². The average molecular weight is 469 g/mol. The van der Waals surface area contributed by atoms with Gasteiger partial charge in [-0.15, -0.1) is 5.10 Å². The van der Waals surface area contributed by atoms with Gasteiger partial charge in [-0.1, -0.05) is 36.4 Å². The number of aromatic nitrogens is 4. The van der Waals surface area contributed by atoms with Gasteiger partial charge in [-0.3, -0.25) is 9.59 Å². The highest BCUT2D eigenvalue weighted by molar-refractivity contribution is 5.94. The van der Waals surface area contributed by atoms with Crippen molar-refractivity contribution in [3.8, 4) is 17.1 Å². The van der Waals surface area contributed by atoms with Gasteiger partial charge in [-0.05, 0) is 44.2 Å². The number of hydrogen-bond donors (Lipinski definition) is 0. The van der Waals surface area contributed by atoms with Crippen molar-refractivity contribution in [2.45, 2.75) is 19.9 Å². The predicted molar refractivity (Wildman–Crippen MR) is 136 cm³/mol. The molecule has 1 aliphatic heterocycles. The summed E-state index contributed by atoms with van der Waals surface area (Å²) in [5.74, 6) is 0.876. The highest BCUT2D eigenvalue weighted by Crippen LogP contribution is 2.27. The third kappa shape index (κ3) is 4.59. The molecule has 0 bridgehead atoms. The van der Waals surface area contributed by atoms with Crippen LogP contribution in [0.4, 0.5) is 5.82 Å². The zero-order valence-electron chi connectivity index (χ0n) is 19.9. The summed E-state index contributed by atoms with van der Waals surface area (Å²) in [6.07, 6.45) is 0. The minimum Gasteiger partial charge on any atom is -0.352 e. The Kier molecular flexibility index (Phi) is 6.18. The molecule has 178 valence electrons. The first-order valence-electron chi connectivity index (χ1n) is 11.9. The van der Waals surface area contributed by atoms with E-state index < -0.39 is 0 Å². The van der Waals surface area contributed by atoms with Crippen LogP contribution >= 0.6 is 0 Å². The third-order valence-electron chi connectivity index (χ3n) is 6.19. The molecule has 1 saturated heterocycles. The van der Waals surface area contributed by atoms with Gasteiger partial charge in [0.05, 0.1) is 17.4 Å². The number of nitrogens with zero attached hydrogens (tertiary/aromatic N) is 6. The summed E-state index contributed by atoms with van der Waals surface area (Å²) < 4.78 is 3.36. The SMILES string of the molecule is CC(C)n1nc(-c2cc(N3CCN(C(=O)c4ccccc4)CC3)nn2-c2ccccc2)ccc1=O. The molecule has 0 radical (unpaired) electrons. The molecule has 0 saturated carbocycles. The zero-order chi connectivity index (χ0) is 24.4. The summed E-state index contributed by atoms with van der Waals surface area (Å²) in [5.41, 5.74) is 2.98. The third-order valence-corrected chi connectivity index (χ3v) is 6.19. The Morgan fingerprint density at radius 2 is 1.49 bits per heavy atom. The van der Waals surface area contributed by atoms with Gasteiger partial charge in [0.2, 0.25) is 0 Å². The molecule has 0 N–H and O–H groups in total. The number of carbonyl (C=O) groups excluding carboxylic acids is 1. The molecule has 8 heteroatoms. The lowest BCUT2D eigenvalue weighted by atomic mass is 10.2. The Morgan fingerprint density at radius 3 is 2.14 bits per heavy atom. The van der Waals surface area contributed by atoms with E-state index in [0.717, 1.165) is 17.2 Å². The zero-order valence-corrected chi connectivity index (χ0v) is 19.9. The van der Waals surface area contributed by atoms with Crippen molar-refractivity contribution in [2.24, 2.45) is 0 Å². The number of benzene rings is 2. The van der Waals surface area contributed by atoms with Crippen molar-refractivity contribution in [3.63, 3.8) is 0 Å². The van der Waals surface area contributed by atoms with Crippen LogP contribution in [0.15, 0.2) is 83.7 Å². The number of piperazine rings is 1. The summed E-state index contributed by atoms with van der Waals surface area (Å²) in [5, 5.41) is 9.54. The Hall–Kier alpha value is -4.20. The van der Waals surface area contributed by atoms with Crippen LogP contribution in [0.5, 0.6) is 0 Å². The maximum atomic E-state index is 12.8. The molecule has 0 unspecified atom stereocenters. The molecule has 2 aromatic carbocycles. The molecule has 8 nitrogen and oxygen atoms in total. The Morgan fingerprint density at radius 1 is 0.829 bits per heavy atom. The fraction of sp³-hybridized carbons (Fsp3) is 0.259. The molecule has 1 fully saturated rings. The molecular formula is C27H28N6O2. The second-order valence-electron chi connectivity index (χ2n) is 8.88. The van der Waals surface area contributed by atoms with E-state index in [1.807, 2.05) is 90.2 Å². The van der Waals surface area contributed by atoms with E-state index in [-0.39, 0.29) is 17.5 Å². The van der Waals surface area contributed by atoms with Crippen molar-refractivity contribution in [1.29, 1.82) is 0 Å². The highest BCUT2D eigenvalue weighted by Gasteiger charge is 2.25. The monoisotopic (exact) mass is 468 g/mol. The van der Waals surface area contributed by atoms with Gasteiger partial charge in [0, 0.05) is 43.9 Å². The lowest BCUT2D eigenvalue weighted by molar-refractivity contribution is 0.0746. The maximum Gasteiger partial charge on any atom is 0.267 e. The Bertz CT molecular complexity index is 1370. The molecule has 1 amide bonds. The number of carbonyl (C=O) groups is 1.